The summed E-state index contributed by atoms with van der Waals surface area (Å²) < 4.78 is 5.05. The van der Waals surface area contributed by atoms with Crippen LogP contribution in [0.15, 0.2) is 0 Å². The van der Waals surface area contributed by atoms with Crippen LogP contribution in [0.2, 0.25) is 0 Å². The second kappa shape index (κ2) is 6.44. The molecule has 1 fully saturated rings. The Morgan fingerprint density at radius 2 is 1.81 bits per heavy atom. The van der Waals surface area contributed by atoms with Gasteiger partial charge in [0.25, 0.3) is 0 Å². The Bertz CT molecular complexity index is 257. The lowest BCUT2D eigenvalue weighted by molar-refractivity contribution is -0.150. The Morgan fingerprint density at radius 1 is 1.19 bits per heavy atom. The predicted molar refractivity (Wildman–Crippen MR) is 56.7 cm³/mol. The van der Waals surface area contributed by atoms with Crippen molar-refractivity contribution in [3.05, 3.63) is 0 Å². The summed E-state index contributed by atoms with van der Waals surface area (Å²) in [4.78, 5) is 26.1. The van der Waals surface area contributed by atoms with Crippen molar-refractivity contribution in [3.8, 4) is 0 Å². The maximum absolute atomic E-state index is 11.6. The van der Waals surface area contributed by atoms with E-state index in [1.54, 1.807) is 0 Å². The first-order valence-electron chi connectivity index (χ1n) is 5.43. The quantitative estimate of drug-likeness (QED) is 0.575. The number of hydrogen-bond acceptors (Lipinski definition) is 4. The molecule has 0 radical (unpaired) electrons. The molecule has 1 aliphatic heterocycles. The number of piperazine rings is 1. The fraction of sp³-hybridized carbons (Fsp3) is 0.800. The van der Waals surface area contributed by atoms with E-state index in [1.165, 1.54) is 9.80 Å². The fourth-order valence-corrected chi connectivity index (χ4v) is 1.54. The standard InChI is InChI=1S/C10H18N2O4/c1-2-11-7-10(15)12(8-9(11)14)3-5-16-6-4-13/h13H,2-8H2,1H3. The maximum atomic E-state index is 11.6. The van der Waals surface area contributed by atoms with Gasteiger partial charge in [0.2, 0.25) is 11.8 Å². The van der Waals surface area contributed by atoms with Gasteiger partial charge in [0.15, 0.2) is 0 Å². The van der Waals surface area contributed by atoms with Crippen molar-refractivity contribution in [2.45, 2.75) is 6.92 Å². The Kier molecular flexibility index (Phi) is 5.21. The number of nitrogens with zero attached hydrogens (tertiary/aromatic N) is 2. The molecule has 1 heterocycles. The number of carbonyl (C=O) groups excluding carboxylic acids is 2. The molecule has 0 aliphatic carbocycles. The number of amides is 2. The van der Waals surface area contributed by atoms with Crippen molar-refractivity contribution < 1.29 is 19.4 Å². The second-order valence-corrected chi connectivity index (χ2v) is 3.56. The fourth-order valence-electron chi connectivity index (χ4n) is 1.54. The van der Waals surface area contributed by atoms with Crippen LogP contribution in [-0.2, 0) is 14.3 Å². The molecular weight excluding hydrogens is 212 g/mol. The van der Waals surface area contributed by atoms with Crippen LogP contribution < -0.4 is 0 Å². The van der Waals surface area contributed by atoms with Gasteiger partial charge in [0.1, 0.15) is 0 Å². The highest BCUT2D eigenvalue weighted by molar-refractivity contribution is 5.92. The summed E-state index contributed by atoms with van der Waals surface area (Å²) in [6.07, 6.45) is 0. The molecule has 6 heteroatoms. The molecule has 0 atom stereocenters. The molecule has 0 bridgehead atoms. The SMILES string of the molecule is CCN1CC(=O)N(CCOCCO)CC1=O. The zero-order valence-electron chi connectivity index (χ0n) is 9.52. The summed E-state index contributed by atoms with van der Waals surface area (Å²) in [7, 11) is 0. The molecule has 0 saturated carbocycles. The first-order valence-corrected chi connectivity index (χ1v) is 5.43. The van der Waals surface area contributed by atoms with Gasteiger partial charge in [-0.3, -0.25) is 9.59 Å². The van der Waals surface area contributed by atoms with Gasteiger partial charge in [-0.05, 0) is 6.92 Å². The van der Waals surface area contributed by atoms with E-state index in [9.17, 15) is 9.59 Å². The maximum Gasteiger partial charge on any atom is 0.242 e. The minimum atomic E-state index is -0.0472. The van der Waals surface area contributed by atoms with Gasteiger partial charge >= 0.3 is 0 Å². The third kappa shape index (κ3) is 3.46. The number of aliphatic hydroxyl groups is 1. The number of carbonyl (C=O) groups is 2. The smallest absolute Gasteiger partial charge is 0.242 e. The topological polar surface area (TPSA) is 70.1 Å². The van der Waals surface area contributed by atoms with E-state index >= 15 is 0 Å². The van der Waals surface area contributed by atoms with Gasteiger partial charge in [-0.15, -0.1) is 0 Å². The third-order valence-corrected chi connectivity index (χ3v) is 2.48. The van der Waals surface area contributed by atoms with Gasteiger partial charge in [0.05, 0.1) is 32.9 Å². The molecule has 1 rings (SSSR count). The molecule has 16 heavy (non-hydrogen) atoms. The first kappa shape index (κ1) is 12.9. The highest BCUT2D eigenvalue weighted by Gasteiger charge is 2.28. The van der Waals surface area contributed by atoms with E-state index < -0.39 is 0 Å². The first-order chi connectivity index (χ1) is 7.69. The van der Waals surface area contributed by atoms with Crippen LogP contribution in [0.1, 0.15) is 6.92 Å². The molecule has 1 aliphatic rings. The average Bonchev–Trinajstić information content (AvgIpc) is 2.28. The molecule has 0 aromatic carbocycles. The van der Waals surface area contributed by atoms with Crippen molar-refractivity contribution in [2.24, 2.45) is 0 Å². The van der Waals surface area contributed by atoms with Gasteiger partial charge in [-0.1, -0.05) is 0 Å². The van der Waals surface area contributed by atoms with Gasteiger partial charge < -0.3 is 19.6 Å². The molecule has 92 valence electrons. The average molecular weight is 230 g/mol. The van der Waals surface area contributed by atoms with Gasteiger partial charge in [-0.2, -0.15) is 0 Å². The number of rotatable bonds is 6. The number of ether oxygens (including phenoxy) is 1. The largest absolute Gasteiger partial charge is 0.394 e. The van der Waals surface area contributed by atoms with E-state index in [0.29, 0.717) is 19.7 Å². The molecule has 0 aromatic heterocycles. The number of aliphatic hydroxyl groups excluding tert-OH is 1. The molecule has 0 spiro atoms. The van der Waals surface area contributed by atoms with E-state index in [-0.39, 0.29) is 38.1 Å². The Labute approximate surface area is 94.8 Å². The summed E-state index contributed by atoms with van der Waals surface area (Å²) in [5.41, 5.74) is 0. The summed E-state index contributed by atoms with van der Waals surface area (Å²) in [6, 6.07) is 0. The number of likely N-dealkylation sites (N-methyl/N-ethyl adjacent to an activating group) is 1. The van der Waals surface area contributed by atoms with Crippen LogP contribution in [0, 0.1) is 0 Å². The van der Waals surface area contributed by atoms with Crippen LogP contribution in [-0.4, -0.2) is 72.7 Å². The Balaban J connectivity index is 2.32. The monoisotopic (exact) mass is 230 g/mol. The van der Waals surface area contributed by atoms with Crippen molar-refractivity contribution >= 4 is 11.8 Å². The van der Waals surface area contributed by atoms with Crippen LogP contribution in [0.25, 0.3) is 0 Å². The van der Waals surface area contributed by atoms with Crippen LogP contribution in [0.5, 0.6) is 0 Å². The van der Waals surface area contributed by atoms with Crippen molar-refractivity contribution in [1.82, 2.24) is 9.80 Å². The summed E-state index contributed by atoms with van der Waals surface area (Å²) in [6.45, 7) is 3.70. The van der Waals surface area contributed by atoms with E-state index in [4.69, 9.17) is 9.84 Å². The van der Waals surface area contributed by atoms with Crippen molar-refractivity contribution in [2.75, 3.05) is 46.0 Å². The molecule has 1 saturated heterocycles. The lowest BCUT2D eigenvalue weighted by atomic mass is 10.3. The second-order valence-electron chi connectivity index (χ2n) is 3.56. The predicted octanol–water partition coefficient (Wildman–Crippen LogP) is -1.31. The third-order valence-electron chi connectivity index (χ3n) is 2.48. The summed E-state index contributed by atoms with van der Waals surface area (Å²) >= 11 is 0. The molecule has 2 amide bonds. The summed E-state index contributed by atoms with van der Waals surface area (Å²) in [5, 5.41) is 8.50. The normalized spacial score (nSPS) is 17.1. The van der Waals surface area contributed by atoms with Gasteiger partial charge in [0, 0.05) is 13.1 Å². The lowest BCUT2D eigenvalue weighted by Crippen LogP contribution is -2.54. The Morgan fingerprint density at radius 3 is 2.44 bits per heavy atom. The van der Waals surface area contributed by atoms with Crippen LogP contribution >= 0.6 is 0 Å². The molecule has 0 aromatic rings. The van der Waals surface area contributed by atoms with Crippen LogP contribution in [0.3, 0.4) is 0 Å². The Hall–Kier alpha value is -1.14. The summed E-state index contributed by atoms with van der Waals surface area (Å²) in [5.74, 6) is -0.0710. The van der Waals surface area contributed by atoms with Crippen molar-refractivity contribution in [3.63, 3.8) is 0 Å². The van der Waals surface area contributed by atoms with Crippen molar-refractivity contribution in [1.29, 1.82) is 0 Å². The molecule has 1 N–H and O–H groups in total. The van der Waals surface area contributed by atoms with E-state index in [2.05, 4.69) is 0 Å². The minimum absolute atomic E-state index is 0.0238. The van der Waals surface area contributed by atoms with Crippen LogP contribution in [0.4, 0.5) is 0 Å². The highest BCUT2D eigenvalue weighted by atomic mass is 16.5. The highest BCUT2D eigenvalue weighted by Crippen LogP contribution is 2.04. The van der Waals surface area contributed by atoms with Gasteiger partial charge in [-0.25, -0.2) is 0 Å². The zero-order valence-corrected chi connectivity index (χ0v) is 9.52. The zero-order chi connectivity index (χ0) is 12.0. The molecule has 6 nitrogen and oxygen atoms in total. The minimum Gasteiger partial charge on any atom is -0.394 e. The molecular formula is C10H18N2O4. The molecule has 0 unspecified atom stereocenters. The number of hydrogen-bond donors (Lipinski definition) is 1. The lowest BCUT2D eigenvalue weighted by Gasteiger charge is -2.33. The van der Waals surface area contributed by atoms with E-state index in [0.717, 1.165) is 0 Å². The van der Waals surface area contributed by atoms with E-state index in [1.807, 2.05) is 6.92 Å².